The van der Waals surface area contributed by atoms with E-state index in [9.17, 15) is 9.59 Å². The van der Waals surface area contributed by atoms with Crippen molar-refractivity contribution in [2.75, 3.05) is 13.6 Å². The lowest BCUT2D eigenvalue weighted by molar-refractivity contribution is 0.219. The van der Waals surface area contributed by atoms with Crippen molar-refractivity contribution >= 4 is 17.1 Å². The van der Waals surface area contributed by atoms with Gasteiger partial charge >= 0.3 is 11.8 Å². The van der Waals surface area contributed by atoms with Gasteiger partial charge in [0.05, 0.1) is 5.52 Å². The van der Waals surface area contributed by atoms with Crippen LogP contribution in [0.3, 0.4) is 0 Å². The highest BCUT2D eigenvalue weighted by atomic mass is 16.4. The first kappa shape index (κ1) is 11.3. The molecule has 0 spiro atoms. The molecule has 1 heterocycles. The van der Waals surface area contributed by atoms with Crippen LogP contribution in [0.2, 0.25) is 0 Å². The van der Waals surface area contributed by atoms with Gasteiger partial charge in [-0.05, 0) is 24.1 Å². The molecule has 0 aliphatic rings. The largest absolute Gasteiger partial charge is 0.417 e. The highest BCUT2D eigenvalue weighted by Crippen LogP contribution is 2.12. The van der Waals surface area contributed by atoms with Gasteiger partial charge < -0.3 is 15.1 Å². The van der Waals surface area contributed by atoms with Crippen molar-refractivity contribution in [3.05, 3.63) is 34.3 Å². The summed E-state index contributed by atoms with van der Waals surface area (Å²) in [5.74, 6) is -0.466. The van der Waals surface area contributed by atoms with Crippen LogP contribution in [0.1, 0.15) is 5.56 Å². The highest BCUT2D eigenvalue weighted by molar-refractivity contribution is 5.73. The first-order valence-corrected chi connectivity index (χ1v) is 5.18. The number of oxazole rings is 1. The molecule has 0 aliphatic carbocycles. The van der Waals surface area contributed by atoms with E-state index in [1.807, 2.05) is 12.1 Å². The van der Waals surface area contributed by atoms with Gasteiger partial charge in [0.1, 0.15) is 0 Å². The number of likely N-dealkylation sites (N-methyl/N-ethyl adjacent to an activating group) is 1. The number of nitrogens with two attached hydrogens (primary N) is 1. The van der Waals surface area contributed by atoms with Gasteiger partial charge in [0.25, 0.3) is 0 Å². The molecule has 0 unspecified atom stereocenters. The lowest BCUT2D eigenvalue weighted by Gasteiger charge is -2.13. The number of H-pyrrole nitrogens is 1. The Balaban J connectivity index is 2.14. The van der Waals surface area contributed by atoms with Crippen molar-refractivity contribution in [2.24, 2.45) is 5.73 Å². The fourth-order valence-corrected chi connectivity index (χ4v) is 1.56. The van der Waals surface area contributed by atoms with E-state index in [2.05, 4.69) is 4.98 Å². The Morgan fingerprint density at radius 3 is 3.00 bits per heavy atom. The fraction of sp³-hybridized carbons (Fsp3) is 0.273. The molecule has 0 bridgehead atoms. The molecule has 1 aromatic carbocycles. The topological polar surface area (TPSA) is 92.3 Å². The molecule has 90 valence electrons. The van der Waals surface area contributed by atoms with Crippen molar-refractivity contribution in [2.45, 2.75) is 6.42 Å². The molecule has 2 rings (SSSR count). The van der Waals surface area contributed by atoms with Gasteiger partial charge in [-0.1, -0.05) is 6.07 Å². The zero-order valence-electron chi connectivity index (χ0n) is 9.40. The van der Waals surface area contributed by atoms with E-state index in [0.717, 1.165) is 5.56 Å². The lowest BCUT2D eigenvalue weighted by Crippen LogP contribution is -2.33. The molecule has 0 saturated carbocycles. The summed E-state index contributed by atoms with van der Waals surface area (Å²) >= 11 is 0. The summed E-state index contributed by atoms with van der Waals surface area (Å²) in [5.41, 5.74) is 7.31. The zero-order valence-corrected chi connectivity index (χ0v) is 9.40. The van der Waals surface area contributed by atoms with E-state index >= 15 is 0 Å². The summed E-state index contributed by atoms with van der Waals surface area (Å²) in [5, 5.41) is 0. The van der Waals surface area contributed by atoms with Gasteiger partial charge in [0.15, 0.2) is 5.58 Å². The molecular weight excluding hydrogens is 222 g/mol. The molecule has 3 N–H and O–H groups in total. The highest BCUT2D eigenvalue weighted by Gasteiger charge is 2.05. The van der Waals surface area contributed by atoms with Gasteiger partial charge in [-0.25, -0.2) is 9.59 Å². The van der Waals surface area contributed by atoms with Crippen LogP contribution >= 0.6 is 0 Å². The van der Waals surface area contributed by atoms with E-state index in [1.165, 1.54) is 4.90 Å². The smallest absolute Gasteiger partial charge is 0.408 e. The third kappa shape index (κ3) is 2.47. The summed E-state index contributed by atoms with van der Waals surface area (Å²) in [6, 6.07) is 4.96. The third-order valence-electron chi connectivity index (χ3n) is 2.60. The Morgan fingerprint density at radius 2 is 2.29 bits per heavy atom. The molecule has 0 aliphatic heterocycles. The van der Waals surface area contributed by atoms with Crippen LogP contribution in [-0.2, 0) is 6.42 Å². The average Bonchev–Trinajstić information content (AvgIpc) is 2.64. The van der Waals surface area contributed by atoms with Crippen LogP contribution in [0.15, 0.2) is 27.4 Å². The fourth-order valence-electron chi connectivity index (χ4n) is 1.56. The van der Waals surface area contributed by atoms with Crippen LogP contribution in [0.25, 0.3) is 11.1 Å². The Morgan fingerprint density at radius 1 is 1.53 bits per heavy atom. The molecule has 17 heavy (non-hydrogen) atoms. The van der Waals surface area contributed by atoms with Gasteiger partial charge in [-0.3, -0.25) is 4.98 Å². The van der Waals surface area contributed by atoms with Crippen molar-refractivity contribution < 1.29 is 9.21 Å². The maximum Gasteiger partial charge on any atom is 0.417 e. The summed E-state index contributed by atoms with van der Waals surface area (Å²) in [6.45, 7) is 0.531. The van der Waals surface area contributed by atoms with E-state index in [1.54, 1.807) is 13.1 Å². The Labute approximate surface area is 97.0 Å². The van der Waals surface area contributed by atoms with Crippen molar-refractivity contribution in [1.82, 2.24) is 9.88 Å². The van der Waals surface area contributed by atoms with E-state index in [0.29, 0.717) is 24.1 Å². The number of fused-ring (bicyclic) bond motifs is 1. The Bertz CT molecular complexity index is 599. The summed E-state index contributed by atoms with van der Waals surface area (Å²) in [6.07, 6.45) is 0.669. The number of carbonyl (C=O) groups excluding carboxylic acids is 1. The number of carbonyl (C=O) groups is 1. The minimum atomic E-state index is -0.466. The molecule has 6 heteroatoms. The number of urea groups is 1. The molecule has 6 nitrogen and oxygen atoms in total. The average molecular weight is 235 g/mol. The van der Waals surface area contributed by atoms with Crippen molar-refractivity contribution in [1.29, 1.82) is 0 Å². The monoisotopic (exact) mass is 235 g/mol. The van der Waals surface area contributed by atoms with Gasteiger partial charge in [0.2, 0.25) is 0 Å². The first-order chi connectivity index (χ1) is 8.06. The summed E-state index contributed by atoms with van der Waals surface area (Å²) in [4.78, 5) is 25.8. The van der Waals surface area contributed by atoms with Crippen LogP contribution in [0, 0.1) is 0 Å². The predicted octanol–water partition coefficient (Wildman–Crippen LogP) is 0.674. The SMILES string of the molecule is CN(CCc1ccc2oc(=O)[nH]c2c1)C(N)=O. The van der Waals surface area contributed by atoms with Crippen LogP contribution in [0.4, 0.5) is 4.79 Å². The van der Waals surface area contributed by atoms with E-state index < -0.39 is 11.8 Å². The van der Waals surface area contributed by atoms with Crippen LogP contribution in [0.5, 0.6) is 0 Å². The zero-order chi connectivity index (χ0) is 12.4. The second-order valence-electron chi connectivity index (χ2n) is 3.85. The van der Waals surface area contributed by atoms with Gasteiger partial charge in [0, 0.05) is 13.6 Å². The normalized spacial score (nSPS) is 10.6. The maximum absolute atomic E-state index is 11.0. The van der Waals surface area contributed by atoms with Crippen molar-refractivity contribution in [3.63, 3.8) is 0 Å². The minimum absolute atomic E-state index is 0.456. The number of nitrogens with zero attached hydrogens (tertiary/aromatic N) is 1. The van der Waals surface area contributed by atoms with Crippen LogP contribution in [-0.4, -0.2) is 29.5 Å². The van der Waals surface area contributed by atoms with E-state index in [-0.39, 0.29) is 0 Å². The van der Waals surface area contributed by atoms with Gasteiger partial charge in [-0.2, -0.15) is 0 Å². The number of primary amides is 1. The number of rotatable bonds is 3. The molecule has 2 amide bonds. The van der Waals surface area contributed by atoms with Crippen molar-refractivity contribution in [3.8, 4) is 0 Å². The summed E-state index contributed by atoms with van der Waals surface area (Å²) in [7, 11) is 1.64. The molecule has 0 atom stereocenters. The first-order valence-electron chi connectivity index (χ1n) is 5.18. The number of amides is 2. The third-order valence-corrected chi connectivity index (χ3v) is 2.60. The predicted molar refractivity (Wildman–Crippen MR) is 62.8 cm³/mol. The molecule has 0 saturated heterocycles. The Kier molecular flexibility index (Phi) is 2.86. The Hall–Kier alpha value is -2.24. The molecule has 1 aromatic heterocycles. The number of hydrogen-bond donors (Lipinski definition) is 2. The minimum Gasteiger partial charge on any atom is -0.408 e. The number of benzene rings is 1. The second-order valence-corrected chi connectivity index (χ2v) is 3.85. The van der Waals surface area contributed by atoms with Gasteiger partial charge in [-0.15, -0.1) is 0 Å². The lowest BCUT2D eigenvalue weighted by atomic mass is 10.1. The molecular formula is C11H13N3O3. The standard InChI is InChI=1S/C11H13N3O3/c1-14(10(12)15)5-4-7-2-3-9-8(6-7)13-11(16)17-9/h2-3,6H,4-5H2,1H3,(H2,12,15)(H,13,16). The number of nitrogens with one attached hydrogen (secondary N) is 1. The molecule has 2 aromatic rings. The van der Waals surface area contributed by atoms with Crippen LogP contribution < -0.4 is 11.5 Å². The maximum atomic E-state index is 11.0. The molecule has 0 radical (unpaired) electrons. The second kappa shape index (κ2) is 4.32. The van der Waals surface area contributed by atoms with E-state index in [4.69, 9.17) is 10.2 Å². The number of aromatic nitrogens is 1. The summed E-state index contributed by atoms with van der Waals surface area (Å²) < 4.78 is 4.89. The quantitative estimate of drug-likeness (QED) is 0.819. The molecule has 0 fully saturated rings. The number of aromatic amines is 1. The number of hydrogen-bond acceptors (Lipinski definition) is 3.